The second-order valence-corrected chi connectivity index (χ2v) is 5.40. The number of rotatable bonds is 4. The van der Waals surface area contributed by atoms with Crippen LogP contribution in [0.2, 0.25) is 5.02 Å². The topological polar surface area (TPSA) is 29.3 Å². The Kier molecular flexibility index (Phi) is 4.46. The molecule has 0 heterocycles. The molecule has 0 radical (unpaired) electrons. The minimum atomic E-state index is 0.451. The van der Waals surface area contributed by atoms with Crippen molar-refractivity contribution < 1.29 is 0 Å². The van der Waals surface area contributed by atoms with Crippen molar-refractivity contribution in [3.8, 4) is 0 Å². The molecule has 0 saturated carbocycles. The maximum absolute atomic E-state index is 6.20. The highest BCUT2D eigenvalue weighted by atomic mass is 35.5. The Balaban J connectivity index is 2.20. The molecule has 2 aromatic carbocycles. The number of hydrogen-bond donors (Lipinski definition) is 1. The molecule has 0 saturated heterocycles. The number of hydrazine groups is 1. The molecule has 2 aromatic rings. The van der Waals surface area contributed by atoms with Gasteiger partial charge in [0.05, 0.1) is 12.2 Å². The van der Waals surface area contributed by atoms with Crippen LogP contribution in [0.1, 0.15) is 30.9 Å². The Labute approximate surface area is 119 Å². The molecule has 2 rings (SSSR count). The molecule has 0 aliphatic carbocycles. The SMILES string of the molecule is CC(C)c1ccccc1N(N)Cc1ccc(Cl)cc1. The average molecular weight is 275 g/mol. The molecule has 0 amide bonds. The van der Waals surface area contributed by atoms with Crippen LogP contribution in [-0.2, 0) is 6.54 Å². The number of anilines is 1. The van der Waals surface area contributed by atoms with E-state index in [2.05, 4.69) is 32.0 Å². The summed E-state index contributed by atoms with van der Waals surface area (Å²) < 4.78 is 0. The van der Waals surface area contributed by atoms with E-state index in [0.717, 1.165) is 16.3 Å². The van der Waals surface area contributed by atoms with Crippen molar-refractivity contribution in [2.24, 2.45) is 5.84 Å². The number of benzene rings is 2. The van der Waals surface area contributed by atoms with E-state index in [-0.39, 0.29) is 0 Å². The lowest BCUT2D eigenvalue weighted by molar-refractivity contribution is 0.808. The van der Waals surface area contributed by atoms with Crippen LogP contribution in [0.4, 0.5) is 5.69 Å². The van der Waals surface area contributed by atoms with Crippen LogP contribution in [0, 0.1) is 0 Å². The molecule has 0 bridgehead atoms. The lowest BCUT2D eigenvalue weighted by Crippen LogP contribution is -2.31. The highest BCUT2D eigenvalue weighted by molar-refractivity contribution is 6.30. The quantitative estimate of drug-likeness (QED) is 0.664. The molecule has 0 unspecified atom stereocenters. The van der Waals surface area contributed by atoms with E-state index >= 15 is 0 Å². The lowest BCUT2D eigenvalue weighted by Gasteiger charge is -2.23. The fourth-order valence-corrected chi connectivity index (χ4v) is 2.23. The first-order valence-electron chi connectivity index (χ1n) is 6.43. The lowest BCUT2D eigenvalue weighted by atomic mass is 10.0. The molecular formula is C16H19ClN2. The maximum Gasteiger partial charge on any atom is 0.0592 e. The zero-order chi connectivity index (χ0) is 13.8. The largest absolute Gasteiger partial charge is 0.306 e. The van der Waals surface area contributed by atoms with Gasteiger partial charge >= 0.3 is 0 Å². The van der Waals surface area contributed by atoms with Gasteiger partial charge in [0.25, 0.3) is 0 Å². The summed E-state index contributed by atoms with van der Waals surface area (Å²) in [5.74, 6) is 6.66. The molecule has 0 fully saturated rings. The third-order valence-electron chi connectivity index (χ3n) is 3.13. The molecule has 0 spiro atoms. The molecule has 0 aliphatic rings. The van der Waals surface area contributed by atoms with E-state index in [1.807, 2.05) is 30.3 Å². The van der Waals surface area contributed by atoms with Gasteiger partial charge in [-0.3, -0.25) is 0 Å². The van der Waals surface area contributed by atoms with Crippen LogP contribution >= 0.6 is 11.6 Å². The summed E-state index contributed by atoms with van der Waals surface area (Å²) in [5.41, 5.74) is 3.48. The number of hydrogen-bond acceptors (Lipinski definition) is 2. The van der Waals surface area contributed by atoms with Gasteiger partial charge in [-0.15, -0.1) is 0 Å². The van der Waals surface area contributed by atoms with Gasteiger partial charge in [-0.05, 0) is 35.2 Å². The fraction of sp³-hybridized carbons (Fsp3) is 0.250. The molecule has 0 aromatic heterocycles. The van der Waals surface area contributed by atoms with Crippen LogP contribution in [0.15, 0.2) is 48.5 Å². The first-order valence-corrected chi connectivity index (χ1v) is 6.81. The number of para-hydroxylation sites is 1. The van der Waals surface area contributed by atoms with E-state index in [0.29, 0.717) is 12.5 Å². The van der Waals surface area contributed by atoms with Gasteiger partial charge in [0.2, 0.25) is 0 Å². The van der Waals surface area contributed by atoms with Crippen molar-refractivity contribution in [3.63, 3.8) is 0 Å². The Morgan fingerprint density at radius 1 is 1.05 bits per heavy atom. The summed E-state index contributed by atoms with van der Waals surface area (Å²) in [6, 6.07) is 16.0. The van der Waals surface area contributed by atoms with Crippen molar-refractivity contribution in [1.29, 1.82) is 0 Å². The third kappa shape index (κ3) is 3.49. The number of nitrogens with zero attached hydrogens (tertiary/aromatic N) is 1. The Bertz CT molecular complexity index is 535. The first-order chi connectivity index (χ1) is 9.08. The summed E-state index contributed by atoms with van der Waals surface area (Å²) in [6.07, 6.45) is 0. The predicted molar refractivity (Wildman–Crippen MR) is 82.4 cm³/mol. The Morgan fingerprint density at radius 3 is 2.32 bits per heavy atom. The van der Waals surface area contributed by atoms with Crippen molar-refractivity contribution >= 4 is 17.3 Å². The fourth-order valence-electron chi connectivity index (χ4n) is 2.11. The van der Waals surface area contributed by atoms with Crippen LogP contribution in [-0.4, -0.2) is 0 Å². The van der Waals surface area contributed by atoms with Gasteiger partial charge in [0, 0.05) is 5.02 Å². The normalized spacial score (nSPS) is 10.8. The van der Waals surface area contributed by atoms with E-state index in [4.69, 9.17) is 17.4 Å². The second-order valence-electron chi connectivity index (χ2n) is 4.97. The van der Waals surface area contributed by atoms with Crippen molar-refractivity contribution in [1.82, 2.24) is 0 Å². The Hall–Kier alpha value is -1.51. The molecular weight excluding hydrogens is 256 g/mol. The highest BCUT2D eigenvalue weighted by Crippen LogP contribution is 2.26. The van der Waals surface area contributed by atoms with Crippen molar-refractivity contribution in [2.45, 2.75) is 26.3 Å². The van der Waals surface area contributed by atoms with E-state index < -0.39 is 0 Å². The van der Waals surface area contributed by atoms with Crippen LogP contribution in [0.3, 0.4) is 0 Å². The number of halogens is 1. The monoisotopic (exact) mass is 274 g/mol. The molecule has 3 heteroatoms. The summed E-state index contributed by atoms with van der Waals surface area (Å²) in [7, 11) is 0. The van der Waals surface area contributed by atoms with Crippen molar-refractivity contribution in [3.05, 3.63) is 64.7 Å². The zero-order valence-corrected chi connectivity index (χ0v) is 12.1. The molecule has 19 heavy (non-hydrogen) atoms. The smallest absolute Gasteiger partial charge is 0.0592 e. The van der Waals surface area contributed by atoms with Gasteiger partial charge in [-0.2, -0.15) is 0 Å². The molecule has 0 aliphatic heterocycles. The molecule has 100 valence electrons. The minimum Gasteiger partial charge on any atom is -0.306 e. The first kappa shape index (κ1) is 13.9. The van der Waals surface area contributed by atoms with Crippen LogP contribution in [0.25, 0.3) is 0 Å². The predicted octanol–water partition coefficient (Wildman–Crippen LogP) is 4.34. The zero-order valence-electron chi connectivity index (χ0n) is 11.3. The summed E-state index contributed by atoms with van der Waals surface area (Å²) >= 11 is 5.89. The van der Waals surface area contributed by atoms with E-state index in [1.165, 1.54) is 5.56 Å². The molecule has 2 nitrogen and oxygen atoms in total. The van der Waals surface area contributed by atoms with Gasteiger partial charge in [-0.1, -0.05) is 55.8 Å². The average Bonchev–Trinajstić information content (AvgIpc) is 2.41. The molecule has 0 atom stereocenters. The van der Waals surface area contributed by atoms with Crippen LogP contribution in [0.5, 0.6) is 0 Å². The summed E-state index contributed by atoms with van der Waals surface area (Å²) in [6.45, 7) is 5.02. The van der Waals surface area contributed by atoms with E-state index in [9.17, 15) is 0 Å². The maximum atomic E-state index is 6.20. The standard InChI is InChI=1S/C16H19ClN2/c1-12(2)15-5-3-4-6-16(15)19(18)11-13-7-9-14(17)10-8-13/h3-10,12H,11,18H2,1-2H3. The minimum absolute atomic E-state index is 0.451. The summed E-state index contributed by atoms with van der Waals surface area (Å²) in [5, 5.41) is 2.54. The highest BCUT2D eigenvalue weighted by Gasteiger charge is 2.10. The van der Waals surface area contributed by atoms with Crippen LogP contribution < -0.4 is 10.9 Å². The van der Waals surface area contributed by atoms with Gasteiger partial charge < -0.3 is 5.01 Å². The van der Waals surface area contributed by atoms with Gasteiger partial charge in [0.1, 0.15) is 0 Å². The third-order valence-corrected chi connectivity index (χ3v) is 3.39. The Morgan fingerprint density at radius 2 is 1.68 bits per heavy atom. The van der Waals surface area contributed by atoms with Gasteiger partial charge in [0.15, 0.2) is 0 Å². The number of nitrogens with two attached hydrogens (primary N) is 1. The second kappa shape index (κ2) is 6.09. The van der Waals surface area contributed by atoms with Gasteiger partial charge in [-0.25, -0.2) is 5.84 Å². The van der Waals surface area contributed by atoms with E-state index in [1.54, 1.807) is 5.01 Å². The molecule has 2 N–H and O–H groups in total. The summed E-state index contributed by atoms with van der Waals surface area (Å²) in [4.78, 5) is 0. The van der Waals surface area contributed by atoms with Crippen molar-refractivity contribution in [2.75, 3.05) is 5.01 Å².